The summed E-state index contributed by atoms with van der Waals surface area (Å²) in [6.45, 7) is 4.25. The highest BCUT2D eigenvalue weighted by Crippen LogP contribution is 2.47. The number of carbonyl (C=O) groups excluding carboxylic acids is 2. The quantitative estimate of drug-likeness (QED) is 0.277. The summed E-state index contributed by atoms with van der Waals surface area (Å²) in [6.07, 6.45) is 0.911. The fourth-order valence-electron chi connectivity index (χ4n) is 5.17. The normalized spacial score (nSPS) is 21.3. The van der Waals surface area contributed by atoms with Gasteiger partial charge in [0, 0.05) is 40.1 Å². The predicted molar refractivity (Wildman–Crippen MR) is 148 cm³/mol. The number of Topliss-reactive ketones (excluding diaryl/α,β-unsaturated/α-hetero) is 1. The number of rotatable bonds is 9. The van der Waals surface area contributed by atoms with Crippen LogP contribution in [0.4, 0.5) is 0 Å². The number of allylic oxidation sites excluding steroid dienone is 2. The number of ether oxygens (including phenoxy) is 3. The first-order valence-electron chi connectivity index (χ1n) is 12.4. The van der Waals surface area contributed by atoms with Crippen LogP contribution in [-0.4, -0.2) is 49.8 Å². The maximum atomic E-state index is 13.7. The fraction of sp³-hybridized carbons (Fsp3) is 0.414. The Bertz CT molecular complexity index is 1220. The highest BCUT2D eigenvalue weighted by atomic mass is 35.5. The number of aliphatic imine (C=N–C) groups is 1. The van der Waals surface area contributed by atoms with Gasteiger partial charge in [0.2, 0.25) is 0 Å². The van der Waals surface area contributed by atoms with E-state index in [9.17, 15) is 9.59 Å². The molecule has 6 nitrogen and oxygen atoms in total. The second kappa shape index (κ2) is 12.2. The van der Waals surface area contributed by atoms with Gasteiger partial charge in [0.25, 0.3) is 0 Å². The lowest BCUT2D eigenvalue weighted by atomic mass is 9.69. The molecule has 0 bridgehead atoms. The summed E-state index contributed by atoms with van der Waals surface area (Å²) in [5.41, 5.74) is 3.85. The highest BCUT2D eigenvalue weighted by Gasteiger charge is 2.44. The summed E-state index contributed by atoms with van der Waals surface area (Å²) in [6, 6.07) is 13.1. The van der Waals surface area contributed by atoms with Crippen molar-refractivity contribution >= 4 is 40.8 Å². The van der Waals surface area contributed by atoms with Crippen molar-refractivity contribution in [2.75, 3.05) is 32.3 Å². The first kappa shape index (κ1) is 27.3. The molecule has 196 valence electrons. The maximum Gasteiger partial charge on any atom is 0.315 e. The number of esters is 1. The Kier molecular flexibility index (Phi) is 8.98. The number of thioether (sulfide) groups is 1. The Morgan fingerprint density at radius 2 is 1.76 bits per heavy atom. The summed E-state index contributed by atoms with van der Waals surface area (Å²) in [7, 11) is 3.19. The lowest BCUT2D eigenvalue weighted by molar-refractivity contribution is -0.145. The smallest absolute Gasteiger partial charge is 0.315 e. The van der Waals surface area contributed by atoms with Gasteiger partial charge < -0.3 is 14.2 Å². The molecule has 8 heteroatoms. The van der Waals surface area contributed by atoms with Crippen molar-refractivity contribution in [2.24, 2.45) is 10.9 Å². The van der Waals surface area contributed by atoms with Crippen molar-refractivity contribution in [3.05, 3.63) is 69.9 Å². The van der Waals surface area contributed by atoms with Crippen LogP contribution in [0.5, 0.6) is 11.5 Å². The van der Waals surface area contributed by atoms with Crippen molar-refractivity contribution < 1.29 is 23.8 Å². The molecule has 1 unspecified atom stereocenters. The maximum absolute atomic E-state index is 13.7. The lowest BCUT2D eigenvalue weighted by Crippen LogP contribution is -2.38. The van der Waals surface area contributed by atoms with Crippen molar-refractivity contribution in [1.82, 2.24) is 0 Å². The number of hydrogen-bond acceptors (Lipinski definition) is 7. The summed E-state index contributed by atoms with van der Waals surface area (Å²) in [4.78, 5) is 31.9. The molecule has 0 saturated carbocycles. The largest absolute Gasteiger partial charge is 0.493 e. The van der Waals surface area contributed by atoms with Crippen LogP contribution in [-0.2, 0) is 14.3 Å². The van der Waals surface area contributed by atoms with Crippen LogP contribution in [0.15, 0.2) is 58.7 Å². The van der Waals surface area contributed by atoms with E-state index in [1.165, 1.54) is 0 Å². The average molecular weight is 542 g/mol. The van der Waals surface area contributed by atoms with Gasteiger partial charge in [0.15, 0.2) is 17.3 Å². The zero-order chi connectivity index (χ0) is 26.5. The molecule has 1 aliphatic carbocycles. The van der Waals surface area contributed by atoms with Crippen molar-refractivity contribution in [2.45, 2.75) is 38.5 Å². The summed E-state index contributed by atoms with van der Waals surface area (Å²) in [5.74, 6) is 1.43. The molecule has 0 spiro atoms. The van der Waals surface area contributed by atoms with Crippen molar-refractivity contribution in [1.29, 1.82) is 0 Å². The summed E-state index contributed by atoms with van der Waals surface area (Å²) >= 11 is 7.88. The van der Waals surface area contributed by atoms with Crippen LogP contribution in [0.2, 0.25) is 5.02 Å². The molecule has 37 heavy (non-hydrogen) atoms. The molecule has 4 rings (SSSR count). The molecule has 0 radical (unpaired) electrons. The van der Waals surface area contributed by atoms with Crippen LogP contribution in [0, 0.1) is 5.92 Å². The molecule has 2 aliphatic rings. The van der Waals surface area contributed by atoms with E-state index >= 15 is 0 Å². The van der Waals surface area contributed by atoms with Gasteiger partial charge in [-0.25, -0.2) is 0 Å². The van der Waals surface area contributed by atoms with E-state index in [0.717, 1.165) is 28.3 Å². The number of halogens is 1. The van der Waals surface area contributed by atoms with E-state index in [-0.39, 0.29) is 17.7 Å². The molecule has 2 aromatic rings. The van der Waals surface area contributed by atoms with Gasteiger partial charge in [-0.05, 0) is 60.4 Å². The van der Waals surface area contributed by atoms with Gasteiger partial charge in [-0.1, -0.05) is 36.7 Å². The number of carbonyl (C=O) groups is 2. The Morgan fingerprint density at radius 3 is 2.43 bits per heavy atom. The molecule has 3 atom stereocenters. The monoisotopic (exact) mass is 541 g/mol. The minimum absolute atomic E-state index is 0.00317. The van der Waals surface area contributed by atoms with Crippen molar-refractivity contribution in [3.8, 4) is 11.5 Å². The number of hydrogen-bond donors (Lipinski definition) is 0. The standard InChI is InChI=1S/C29H32ClNO5S/c1-5-37-13-12-36-29(33)26-17(2)31-22-14-20(19-8-11-24(34-3)25(16-19)35-4)15-23(32)28(22)27(26)18-6-9-21(30)10-7-18/h6-11,16,20,26-27H,5,12-15H2,1-4H3/t20-,26?,27-/m1/s1. The third kappa shape index (κ3) is 5.88. The van der Waals surface area contributed by atoms with Gasteiger partial charge >= 0.3 is 5.97 Å². The SMILES string of the molecule is CCSCCOC(=O)C1C(C)=NC2=C(C(=O)C[C@H](c3ccc(OC)c(OC)c3)C2)[C@@H]1c1ccc(Cl)cc1. The first-order valence-corrected chi connectivity index (χ1v) is 13.9. The van der Waals surface area contributed by atoms with E-state index < -0.39 is 11.8 Å². The Morgan fingerprint density at radius 1 is 1.05 bits per heavy atom. The number of methoxy groups -OCH3 is 2. The van der Waals surface area contributed by atoms with Gasteiger partial charge in [0.05, 0.1) is 14.2 Å². The van der Waals surface area contributed by atoms with Crippen LogP contribution < -0.4 is 9.47 Å². The lowest BCUT2D eigenvalue weighted by Gasteiger charge is -2.36. The molecule has 1 aliphatic heterocycles. The Balaban J connectivity index is 1.70. The molecule has 0 saturated heterocycles. The van der Waals surface area contributed by atoms with Crippen molar-refractivity contribution in [3.63, 3.8) is 0 Å². The summed E-state index contributed by atoms with van der Waals surface area (Å²) < 4.78 is 16.5. The predicted octanol–water partition coefficient (Wildman–Crippen LogP) is 6.23. The van der Waals surface area contributed by atoms with Gasteiger partial charge in [-0.3, -0.25) is 14.6 Å². The van der Waals surface area contributed by atoms with E-state index in [0.29, 0.717) is 47.3 Å². The van der Waals surface area contributed by atoms with E-state index in [1.54, 1.807) is 38.1 Å². The number of nitrogens with zero attached hydrogens (tertiary/aromatic N) is 1. The highest BCUT2D eigenvalue weighted by molar-refractivity contribution is 7.99. The average Bonchev–Trinajstić information content (AvgIpc) is 2.90. The van der Waals surface area contributed by atoms with E-state index in [2.05, 4.69) is 6.92 Å². The molecule has 0 N–H and O–H groups in total. The molecular formula is C29H32ClNO5S. The van der Waals surface area contributed by atoms with Gasteiger partial charge in [0.1, 0.15) is 12.5 Å². The van der Waals surface area contributed by atoms with E-state index in [4.69, 9.17) is 30.8 Å². The molecular weight excluding hydrogens is 510 g/mol. The minimum atomic E-state index is -0.659. The Labute approximate surface area is 227 Å². The molecule has 2 aromatic carbocycles. The van der Waals surface area contributed by atoms with Gasteiger partial charge in [-0.15, -0.1) is 0 Å². The fourth-order valence-corrected chi connectivity index (χ4v) is 5.79. The molecule has 0 amide bonds. The minimum Gasteiger partial charge on any atom is -0.493 e. The molecule has 0 fully saturated rings. The van der Waals surface area contributed by atoms with Gasteiger partial charge in [-0.2, -0.15) is 11.8 Å². The van der Waals surface area contributed by atoms with Crippen LogP contribution in [0.3, 0.4) is 0 Å². The number of benzene rings is 2. The second-order valence-electron chi connectivity index (χ2n) is 9.13. The summed E-state index contributed by atoms with van der Waals surface area (Å²) in [5, 5.41) is 0.596. The molecule has 0 aromatic heterocycles. The zero-order valence-electron chi connectivity index (χ0n) is 21.6. The zero-order valence-corrected chi connectivity index (χ0v) is 23.2. The first-order chi connectivity index (χ1) is 17.9. The third-order valence-corrected chi connectivity index (χ3v) is 8.04. The van der Waals surface area contributed by atoms with Crippen LogP contribution in [0.25, 0.3) is 0 Å². The Hall–Kier alpha value is -2.77. The third-order valence-electron chi connectivity index (χ3n) is 6.93. The van der Waals surface area contributed by atoms with Crippen LogP contribution in [0.1, 0.15) is 49.7 Å². The van der Waals surface area contributed by atoms with E-state index in [1.807, 2.05) is 37.3 Å². The van der Waals surface area contributed by atoms with Crippen LogP contribution >= 0.6 is 23.4 Å². The number of ketones is 1. The second-order valence-corrected chi connectivity index (χ2v) is 11.0. The topological polar surface area (TPSA) is 74.2 Å². The molecule has 1 heterocycles.